The molecule has 0 unspecified atom stereocenters. The van der Waals surface area contributed by atoms with Crippen LogP contribution in [0.15, 0.2) is 0 Å². The van der Waals surface area contributed by atoms with E-state index in [1.807, 2.05) is 6.92 Å². The largest absolute Gasteiger partial charge is 0.348 e. The fraction of sp³-hybridized carbons (Fsp3) is 0.833. The lowest BCUT2D eigenvalue weighted by Crippen LogP contribution is -2.55. The fourth-order valence-corrected chi connectivity index (χ4v) is 2.83. The molecule has 0 aromatic heterocycles. The molecule has 1 saturated carbocycles. The molecule has 2 aliphatic rings. The van der Waals surface area contributed by atoms with E-state index in [4.69, 9.17) is 15.9 Å². The van der Waals surface area contributed by atoms with Crippen LogP contribution in [0.3, 0.4) is 0 Å². The number of ether oxygens (including phenoxy) is 2. The minimum absolute atomic E-state index is 0.147. The van der Waals surface area contributed by atoms with E-state index < -0.39 is 5.79 Å². The second-order valence-corrected chi connectivity index (χ2v) is 5.04. The first-order valence-corrected chi connectivity index (χ1v) is 5.25. The van der Waals surface area contributed by atoms with Crippen molar-refractivity contribution in [1.82, 2.24) is 0 Å². The normalized spacial score (nSPS) is 38.7. The van der Waals surface area contributed by atoms with Crippen molar-refractivity contribution >= 4 is 0 Å². The first-order chi connectivity index (χ1) is 6.50. The Labute approximate surface area is 86.0 Å². The first-order valence-electron chi connectivity index (χ1n) is 5.25. The summed E-state index contributed by atoms with van der Waals surface area (Å²) < 4.78 is 11.4. The molecule has 0 bridgehead atoms. The van der Waals surface area contributed by atoms with Crippen molar-refractivity contribution in [3.05, 3.63) is 0 Å². The predicted octanol–water partition coefficient (Wildman–Crippen LogP) is 2.04. The lowest BCUT2D eigenvalue weighted by Gasteiger charge is -2.55. The van der Waals surface area contributed by atoms with Crippen molar-refractivity contribution in [2.45, 2.75) is 33.0 Å². The van der Waals surface area contributed by atoms with Crippen LogP contribution in [-0.2, 0) is 9.47 Å². The van der Waals surface area contributed by atoms with Crippen LogP contribution in [0.1, 0.15) is 27.2 Å². The summed E-state index contributed by atoms with van der Waals surface area (Å²) in [5, 5.41) is 0. The van der Waals surface area contributed by atoms with E-state index in [9.17, 15) is 0 Å². The van der Waals surface area contributed by atoms with Crippen LogP contribution in [0, 0.1) is 29.6 Å². The van der Waals surface area contributed by atoms with Gasteiger partial charge in [0.2, 0.25) is 0 Å². The Balaban J connectivity index is 2.12. The maximum absolute atomic E-state index is 5.68. The maximum Gasteiger partial charge on any atom is 0.169 e. The van der Waals surface area contributed by atoms with Gasteiger partial charge < -0.3 is 9.47 Å². The third kappa shape index (κ3) is 1.20. The van der Waals surface area contributed by atoms with Crippen LogP contribution in [0.4, 0.5) is 0 Å². The van der Waals surface area contributed by atoms with Gasteiger partial charge in [0.05, 0.1) is 13.2 Å². The van der Waals surface area contributed by atoms with Crippen LogP contribution in [0.25, 0.3) is 0 Å². The molecule has 78 valence electrons. The summed E-state index contributed by atoms with van der Waals surface area (Å²) in [6, 6.07) is 0. The molecule has 14 heavy (non-hydrogen) atoms. The molecular weight excluding hydrogens is 176 g/mol. The summed E-state index contributed by atoms with van der Waals surface area (Å²) in [6.45, 7) is 7.89. The number of rotatable bonds is 1. The van der Waals surface area contributed by atoms with E-state index in [0.29, 0.717) is 25.0 Å². The van der Waals surface area contributed by atoms with Gasteiger partial charge in [-0.25, -0.2) is 0 Å². The average molecular weight is 194 g/mol. The molecule has 1 saturated heterocycles. The zero-order chi connectivity index (χ0) is 10.4. The molecule has 2 heteroatoms. The Morgan fingerprint density at radius 3 is 2.21 bits per heavy atom. The Bertz CT molecular complexity index is 269. The Kier molecular flexibility index (Phi) is 2.13. The van der Waals surface area contributed by atoms with Gasteiger partial charge >= 0.3 is 0 Å². The highest BCUT2D eigenvalue weighted by molar-refractivity contribution is 5.13. The molecule has 1 aliphatic carbocycles. The van der Waals surface area contributed by atoms with Crippen LogP contribution in [0.2, 0.25) is 0 Å². The smallest absolute Gasteiger partial charge is 0.169 e. The zero-order valence-electron chi connectivity index (χ0n) is 9.17. The Morgan fingerprint density at radius 1 is 1.21 bits per heavy atom. The number of hydrogen-bond acceptors (Lipinski definition) is 2. The summed E-state index contributed by atoms with van der Waals surface area (Å²) in [5.74, 6) is 3.26. The minimum Gasteiger partial charge on any atom is -0.348 e. The third-order valence-electron chi connectivity index (χ3n) is 3.96. The summed E-state index contributed by atoms with van der Waals surface area (Å²) in [5.41, 5.74) is 0.147. The molecule has 0 amide bonds. The van der Waals surface area contributed by atoms with Crippen LogP contribution < -0.4 is 0 Å². The quantitative estimate of drug-likeness (QED) is 0.595. The van der Waals surface area contributed by atoms with Crippen molar-refractivity contribution in [3.8, 4) is 12.3 Å². The van der Waals surface area contributed by atoms with E-state index in [0.717, 1.165) is 6.42 Å². The molecule has 0 aromatic rings. The monoisotopic (exact) mass is 194 g/mol. The SMILES string of the molecule is C#C[C@H]1C[C@@H](C2(C)OCCO2)C1(C)C. The maximum atomic E-state index is 5.68. The zero-order valence-corrected chi connectivity index (χ0v) is 9.17. The average Bonchev–Trinajstić information content (AvgIpc) is 2.51. The van der Waals surface area contributed by atoms with E-state index in [-0.39, 0.29) is 5.41 Å². The van der Waals surface area contributed by atoms with E-state index in [1.54, 1.807) is 0 Å². The van der Waals surface area contributed by atoms with Crippen LogP contribution >= 0.6 is 0 Å². The lowest BCUT2D eigenvalue weighted by molar-refractivity contribution is -0.245. The van der Waals surface area contributed by atoms with E-state index >= 15 is 0 Å². The fourth-order valence-electron chi connectivity index (χ4n) is 2.83. The van der Waals surface area contributed by atoms with Crippen molar-refractivity contribution in [3.63, 3.8) is 0 Å². The number of terminal acetylenes is 1. The highest BCUT2D eigenvalue weighted by Crippen LogP contribution is 2.57. The predicted molar refractivity (Wildman–Crippen MR) is 54.5 cm³/mol. The standard InChI is InChI=1S/C12H18O2/c1-5-9-8-10(11(9,2)3)12(4)13-6-7-14-12/h1,9-10H,6-8H2,2-4H3/t9-,10+/m0/s1. The topological polar surface area (TPSA) is 18.5 Å². The molecule has 0 N–H and O–H groups in total. The van der Waals surface area contributed by atoms with E-state index in [2.05, 4.69) is 19.8 Å². The van der Waals surface area contributed by atoms with Gasteiger partial charge in [-0.05, 0) is 18.8 Å². The molecule has 2 nitrogen and oxygen atoms in total. The van der Waals surface area contributed by atoms with Gasteiger partial charge in [-0.2, -0.15) is 0 Å². The van der Waals surface area contributed by atoms with Crippen molar-refractivity contribution < 1.29 is 9.47 Å². The van der Waals surface area contributed by atoms with Crippen molar-refractivity contribution in [1.29, 1.82) is 0 Å². The second-order valence-electron chi connectivity index (χ2n) is 5.04. The van der Waals surface area contributed by atoms with Crippen LogP contribution in [0.5, 0.6) is 0 Å². The third-order valence-corrected chi connectivity index (χ3v) is 3.96. The molecule has 0 spiro atoms. The van der Waals surface area contributed by atoms with Gasteiger partial charge in [0.15, 0.2) is 5.79 Å². The van der Waals surface area contributed by atoms with Gasteiger partial charge in [0.1, 0.15) is 0 Å². The van der Waals surface area contributed by atoms with Crippen molar-refractivity contribution in [2.24, 2.45) is 17.3 Å². The van der Waals surface area contributed by atoms with Gasteiger partial charge in [-0.1, -0.05) is 13.8 Å². The van der Waals surface area contributed by atoms with Crippen LogP contribution in [-0.4, -0.2) is 19.0 Å². The highest BCUT2D eigenvalue weighted by atomic mass is 16.7. The van der Waals surface area contributed by atoms with Gasteiger partial charge in [0, 0.05) is 11.8 Å². The van der Waals surface area contributed by atoms with Crippen molar-refractivity contribution in [2.75, 3.05) is 13.2 Å². The number of hydrogen-bond donors (Lipinski definition) is 0. The summed E-state index contributed by atoms with van der Waals surface area (Å²) in [6.07, 6.45) is 6.51. The summed E-state index contributed by atoms with van der Waals surface area (Å²) in [7, 11) is 0. The van der Waals surface area contributed by atoms with Gasteiger partial charge in [-0.3, -0.25) is 0 Å². The molecule has 2 rings (SSSR count). The van der Waals surface area contributed by atoms with Gasteiger partial charge in [0.25, 0.3) is 0 Å². The Hall–Kier alpha value is -0.520. The summed E-state index contributed by atoms with van der Waals surface area (Å²) in [4.78, 5) is 0. The molecule has 2 atom stereocenters. The van der Waals surface area contributed by atoms with E-state index in [1.165, 1.54) is 0 Å². The van der Waals surface area contributed by atoms with Gasteiger partial charge in [-0.15, -0.1) is 12.3 Å². The lowest BCUT2D eigenvalue weighted by atomic mass is 9.52. The molecule has 1 aliphatic heterocycles. The highest BCUT2D eigenvalue weighted by Gasteiger charge is 2.57. The summed E-state index contributed by atoms with van der Waals surface area (Å²) >= 11 is 0. The molecule has 0 aromatic carbocycles. The Morgan fingerprint density at radius 2 is 1.79 bits per heavy atom. The molecule has 1 heterocycles. The first kappa shape index (κ1) is 10.0. The molecule has 2 fully saturated rings. The molecular formula is C12H18O2. The molecule has 0 radical (unpaired) electrons. The second kappa shape index (κ2) is 2.98. The minimum atomic E-state index is -0.392.